The topological polar surface area (TPSA) is 95.7 Å². The Hall–Kier alpha value is -2.38. The average molecular weight is 321 g/mol. The van der Waals surface area contributed by atoms with Crippen molar-refractivity contribution < 1.29 is 22.1 Å². The van der Waals surface area contributed by atoms with Gasteiger partial charge < -0.3 is 14.7 Å². The summed E-state index contributed by atoms with van der Waals surface area (Å²) < 4.78 is 34.0. The fraction of sp³-hybridized carbons (Fsp3) is 0.133. The number of rotatable bonds is 6. The van der Waals surface area contributed by atoms with E-state index in [-0.39, 0.29) is 23.8 Å². The zero-order valence-corrected chi connectivity index (χ0v) is 12.5. The first-order valence-electron chi connectivity index (χ1n) is 6.45. The number of esters is 1. The van der Waals surface area contributed by atoms with Gasteiger partial charge in [0, 0.05) is 0 Å². The molecule has 2 aromatic rings. The summed E-state index contributed by atoms with van der Waals surface area (Å²) in [5.41, 5.74) is 5.82. The highest BCUT2D eigenvalue weighted by Crippen LogP contribution is 2.19. The molecule has 116 valence electrons. The molecule has 7 heteroatoms. The summed E-state index contributed by atoms with van der Waals surface area (Å²) in [5.74, 6) is -0.329. The van der Waals surface area contributed by atoms with Crippen molar-refractivity contribution in [3.63, 3.8) is 0 Å². The largest absolute Gasteiger partial charge is 0.460 e. The minimum atomic E-state index is -3.86. The van der Waals surface area contributed by atoms with Crippen LogP contribution in [-0.2, 0) is 26.3 Å². The lowest BCUT2D eigenvalue weighted by Crippen LogP contribution is -2.16. The highest BCUT2D eigenvalue weighted by Gasteiger charge is 2.15. The lowest BCUT2D eigenvalue weighted by Gasteiger charge is -2.08. The molecule has 0 saturated heterocycles. The molecule has 0 unspecified atom stereocenters. The molecule has 0 aliphatic rings. The number of hydrogen-bond acceptors (Lipinski definition) is 6. The van der Waals surface area contributed by atoms with E-state index in [1.165, 1.54) is 24.3 Å². The Balaban J connectivity index is 2.04. The third kappa shape index (κ3) is 4.31. The third-order valence-electron chi connectivity index (χ3n) is 2.73. The highest BCUT2D eigenvalue weighted by molar-refractivity contribution is 7.87. The second kappa shape index (κ2) is 7.06. The predicted molar refractivity (Wildman–Crippen MR) is 79.5 cm³/mol. The number of carbonyl (C=O) groups is 1. The minimum absolute atomic E-state index is 0.0712. The van der Waals surface area contributed by atoms with Crippen molar-refractivity contribution in [2.75, 3.05) is 6.54 Å². The molecular weight excluding hydrogens is 306 g/mol. The SMILES string of the molecule is NCC(=O)OCc1ccc(OS(=O)(=O)c2ccccc2)cc1. The van der Waals surface area contributed by atoms with E-state index in [9.17, 15) is 13.2 Å². The molecule has 0 amide bonds. The van der Waals surface area contributed by atoms with Crippen molar-refractivity contribution in [3.8, 4) is 5.75 Å². The second-order valence-electron chi connectivity index (χ2n) is 4.36. The lowest BCUT2D eigenvalue weighted by molar-refractivity contribution is -0.143. The molecule has 2 N–H and O–H groups in total. The number of nitrogens with two attached hydrogens (primary N) is 1. The summed E-state index contributed by atoms with van der Waals surface area (Å²) in [5, 5.41) is 0. The molecular formula is C15H15NO5S. The summed E-state index contributed by atoms with van der Waals surface area (Å²) in [6.45, 7) is -0.113. The van der Waals surface area contributed by atoms with E-state index < -0.39 is 16.1 Å². The molecule has 0 spiro atoms. The highest BCUT2D eigenvalue weighted by atomic mass is 32.2. The molecule has 2 aromatic carbocycles. The van der Waals surface area contributed by atoms with Crippen molar-refractivity contribution in [1.29, 1.82) is 0 Å². The van der Waals surface area contributed by atoms with Crippen molar-refractivity contribution >= 4 is 16.1 Å². The third-order valence-corrected chi connectivity index (χ3v) is 3.99. The summed E-state index contributed by atoms with van der Waals surface area (Å²) in [6.07, 6.45) is 0. The van der Waals surface area contributed by atoms with Crippen LogP contribution in [0.3, 0.4) is 0 Å². The van der Waals surface area contributed by atoms with Crippen molar-refractivity contribution in [3.05, 3.63) is 60.2 Å². The Morgan fingerprint density at radius 2 is 1.64 bits per heavy atom. The second-order valence-corrected chi connectivity index (χ2v) is 5.91. The molecule has 0 radical (unpaired) electrons. The van der Waals surface area contributed by atoms with Crippen LogP contribution in [0, 0.1) is 0 Å². The Kier molecular flexibility index (Phi) is 5.13. The molecule has 2 rings (SSSR count). The van der Waals surface area contributed by atoms with Gasteiger partial charge in [0.25, 0.3) is 0 Å². The van der Waals surface area contributed by atoms with Crippen LogP contribution in [0.15, 0.2) is 59.5 Å². The standard InChI is InChI=1S/C15H15NO5S/c16-10-15(17)20-11-12-6-8-13(9-7-12)21-22(18,19)14-4-2-1-3-5-14/h1-9H,10-11,16H2. The molecule has 0 fully saturated rings. The van der Waals surface area contributed by atoms with Crippen LogP contribution in [0.4, 0.5) is 0 Å². The van der Waals surface area contributed by atoms with Crippen molar-refractivity contribution in [2.45, 2.75) is 11.5 Å². The van der Waals surface area contributed by atoms with Crippen LogP contribution in [0.5, 0.6) is 5.75 Å². The van der Waals surface area contributed by atoms with Gasteiger partial charge in [-0.15, -0.1) is 0 Å². The maximum atomic E-state index is 12.0. The average Bonchev–Trinajstić information content (AvgIpc) is 2.54. The fourth-order valence-corrected chi connectivity index (χ4v) is 2.58. The molecule has 0 aliphatic heterocycles. The van der Waals surface area contributed by atoms with E-state index in [2.05, 4.69) is 0 Å². The van der Waals surface area contributed by atoms with Gasteiger partial charge in [0.1, 0.15) is 17.3 Å². The summed E-state index contributed by atoms with van der Waals surface area (Å²) in [7, 11) is -3.86. The molecule has 0 saturated carbocycles. The molecule has 0 aromatic heterocycles. The summed E-state index contributed by atoms with van der Waals surface area (Å²) in [4.78, 5) is 11.0. The van der Waals surface area contributed by atoms with Crippen LogP contribution in [-0.4, -0.2) is 20.9 Å². The van der Waals surface area contributed by atoms with Gasteiger partial charge in [-0.05, 0) is 29.8 Å². The Labute approximate surface area is 128 Å². The maximum absolute atomic E-state index is 12.0. The molecule has 0 bridgehead atoms. The Morgan fingerprint density at radius 1 is 1.00 bits per heavy atom. The van der Waals surface area contributed by atoms with E-state index in [0.717, 1.165) is 0 Å². The van der Waals surface area contributed by atoms with Gasteiger partial charge in [0.15, 0.2) is 0 Å². The molecule has 0 aliphatic carbocycles. The number of benzene rings is 2. The van der Waals surface area contributed by atoms with Gasteiger partial charge in [0.05, 0.1) is 6.54 Å². The van der Waals surface area contributed by atoms with Crippen LogP contribution in [0.25, 0.3) is 0 Å². The van der Waals surface area contributed by atoms with E-state index in [0.29, 0.717) is 5.56 Å². The molecule has 6 nitrogen and oxygen atoms in total. The van der Waals surface area contributed by atoms with Gasteiger partial charge in [-0.25, -0.2) is 0 Å². The monoisotopic (exact) mass is 321 g/mol. The fourth-order valence-electron chi connectivity index (χ4n) is 1.63. The minimum Gasteiger partial charge on any atom is -0.460 e. The first kappa shape index (κ1) is 16.0. The number of hydrogen-bond donors (Lipinski definition) is 1. The van der Waals surface area contributed by atoms with Crippen LogP contribution < -0.4 is 9.92 Å². The smallest absolute Gasteiger partial charge is 0.339 e. The Morgan fingerprint density at radius 3 is 2.23 bits per heavy atom. The Bertz CT molecular complexity index is 726. The number of carbonyl (C=O) groups excluding carboxylic acids is 1. The zero-order valence-electron chi connectivity index (χ0n) is 11.6. The van der Waals surface area contributed by atoms with Gasteiger partial charge >= 0.3 is 16.1 Å². The van der Waals surface area contributed by atoms with Gasteiger partial charge in [-0.3, -0.25) is 4.79 Å². The zero-order chi connectivity index (χ0) is 16.0. The van der Waals surface area contributed by atoms with E-state index in [4.69, 9.17) is 14.7 Å². The van der Waals surface area contributed by atoms with Gasteiger partial charge in [0.2, 0.25) is 0 Å². The van der Waals surface area contributed by atoms with E-state index in [1.54, 1.807) is 30.3 Å². The predicted octanol–water partition coefficient (Wildman–Crippen LogP) is 1.46. The summed E-state index contributed by atoms with van der Waals surface area (Å²) in [6, 6.07) is 14.1. The first-order valence-corrected chi connectivity index (χ1v) is 7.86. The van der Waals surface area contributed by atoms with E-state index in [1.807, 2.05) is 0 Å². The lowest BCUT2D eigenvalue weighted by atomic mass is 10.2. The van der Waals surface area contributed by atoms with Crippen LogP contribution >= 0.6 is 0 Å². The van der Waals surface area contributed by atoms with Gasteiger partial charge in [-0.1, -0.05) is 30.3 Å². The van der Waals surface area contributed by atoms with E-state index >= 15 is 0 Å². The molecule has 0 atom stereocenters. The van der Waals surface area contributed by atoms with Crippen LogP contribution in [0.1, 0.15) is 5.56 Å². The summed E-state index contributed by atoms with van der Waals surface area (Å²) >= 11 is 0. The first-order chi connectivity index (χ1) is 10.5. The number of ether oxygens (including phenoxy) is 1. The van der Waals surface area contributed by atoms with Crippen molar-refractivity contribution in [2.24, 2.45) is 5.73 Å². The maximum Gasteiger partial charge on any atom is 0.339 e. The molecule has 0 heterocycles. The van der Waals surface area contributed by atoms with Crippen LogP contribution in [0.2, 0.25) is 0 Å². The van der Waals surface area contributed by atoms with Crippen molar-refractivity contribution in [1.82, 2.24) is 0 Å². The van der Waals surface area contributed by atoms with Gasteiger partial charge in [-0.2, -0.15) is 8.42 Å². The quantitative estimate of drug-likeness (QED) is 0.639. The molecule has 22 heavy (non-hydrogen) atoms. The normalized spacial score (nSPS) is 11.0.